The van der Waals surface area contributed by atoms with Crippen LogP contribution < -0.4 is 16.4 Å². The van der Waals surface area contributed by atoms with Crippen LogP contribution in [-0.2, 0) is 9.59 Å². The van der Waals surface area contributed by atoms with Gasteiger partial charge in [-0.15, -0.1) is 0 Å². The Bertz CT molecular complexity index is 675. The minimum atomic E-state index is -1.28. The smallest absolute Gasteiger partial charge is 0.322 e. The molecule has 0 radical (unpaired) electrons. The lowest BCUT2D eigenvalue weighted by molar-refractivity contribution is -0.393. The monoisotopic (exact) mass is 327 g/mol. The number of benzene rings is 1. The number of carboxylic acids is 1. The molecule has 0 saturated carbocycles. The van der Waals surface area contributed by atoms with Gasteiger partial charge in [0.15, 0.2) is 0 Å². The molecule has 0 aliphatic heterocycles. The maximum Gasteiger partial charge on any atom is 0.322 e. The third kappa shape index (κ3) is 4.52. The van der Waals surface area contributed by atoms with Crippen molar-refractivity contribution in [3.8, 4) is 0 Å². The van der Waals surface area contributed by atoms with Gasteiger partial charge < -0.3 is 21.5 Å². The number of nitrogens with zero attached hydrogens (tertiary/aromatic N) is 2. The molecule has 0 fully saturated rings. The molecule has 0 aliphatic carbocycles. The van der Waals surface area contributed by atoms with E-state index in [0.717, 1.165) is 6.07 Å². The number of carboxylic acid groups (broad SMARTS) is 1. The van der Waals surface area contributed by atoms with Crippen LogP contribution in [0.2, 0.25) is 0 Å². The number of aliphatic carboxylic acids is 1. The number of primary amides is 1. The number of rotatable bonds is 8. The number of amides is 1. The standard InChI is InChI=1S/C11H13N5O7/c1-5(11(12)19)14-7-2-6(13-4-10(17)18)8(15(20)21)3-9(7)16(22)23/h2-3,5,13-14H,4H2,1H3,(H2,12,19)(H,17,18). The van der Waals surface area contributed by atoms with Crippen LogP contribution in [0.5, 0.6) is 0 Å². The Morgan fingerprint density at radius 1 is 1.22 bits per heavy atom. The van der Waals surface area contributed by atoms with Crippen LogP contribution in [0.25, 0.3) is 0 Å². The quantitative estimate of drug-likeness (QED) is 0.383. The van der Waals surface area contributed by atoms with E-state index in [2.05, 4.69) is 10.6 Å². The van der Waals surface area contributed by atoms with Gasteiger partial charge in [0.1, 0.15) is 24.0 Å². The zero-order valence-corrected chi connectivity index (χ0v) is 11.8. The van der Waals surface area contributed by atoms with Crippen LogP contribution >= 0.6 is 0 Å². The predicted molar refractivity (Wildman–Crippen MR) is 78.2 cm³/mol. The maximum atomic E-state index is 11.0. The Balaban J connectivity index is 3.38. The first-order chi connectivity index (χ1) is 10.6. The number of carbonyl (C=O) groups is 2. The van der Waals surface area contributed by atoms with Gasteiger partial charge in [-0.2, -0.15) is 0 Å². The molecule has 0 bridgehead atoms. The predicted octanol–water partition coefficient (Wildman–Crippen LogP) is 0.285. The maximum absolute atomic E-state index is 11.0. The highest BCUT2D eigenvalue weighted by Crippen LogP contribution is 2.36. The van der Waals surface area contributed by atoms with Crippen LogP contribution in [0.15, 0.2) is 12.1 Å². The summed E-state index contributed by atoms with van der Waals surface area (Å²) >= 11 is 0. The highest BCUT2D eigenvalue weighted by molar-refractivity contribution is 5.86. The fraction of sp³-hybridized carbons (Fsp3) is 0.273. The molecule has 1 aromatic rings. The van der Waals surface area contributed by atoms with E-state index in [0.29, 0.717) is 6.07 Å². The number of nitrogens with two attached hydrogens (primary N) is 1. The van der Waals surface area contributed by atoms with Gasteiger partial charge in [-0.05, 0) is 13.0 Å². The summed E-state index contributed by atoms with van der Waals surface area (Å²) in [4.78, 5) is 41.9. The molecular formula is C11H13N5O7. The van der Waals surface area contributed by atoms with Gasteiger partial charge in [-0.3, -0.25) is 29.8 Å². The summed E-state index contributed by atoms with van der Waals surface area (Å²) < 4.78 is 0. The molecule has 1 rings (SSSR count). The van der Waals surface area contributed by atoms with Crippen LogP contribution in [0, 0.1) is 20.2 Å². The van der Waals surface area contributed by atoms with Crippen LogP contribution in [0.1, 0.15) is 6.92 Å². The molecule has 5 N–H and O–H groups in total. The number of anilines is 2. The van der Waals surface area contributed by atoms with E-state index >= 15 is 0 Å². The van der Waals surface area contributed by atoms with Crippen molar-refractivity contribution in [2.75, 3.05) is 17.2 Å². The van der Waals surface area contributed by atoms with E-state index in [9.17, 15) is 29.8 Å². The van der Waals surface area contributed by atoms with Gasteiger partial charge >= 0.3 is 5.97 Å². The fourth-order valence-corrected chi connectivity index (χ4v) is 1.61. The zero-order chi connectivity index (χ0) is 17.7. The average molecular weight is 327 g/mol. The third-order valence-corrected chi connectivity index (χ3v) is 2.74. The summed E-state index contributed by atoms with van der Waals surface area (Å²) in [6.07, 6.45) is 0. The molecular weight excluding hydrogens is 314 g/mol. The van der Waals surface area contributed by atoms with Crippen molar-refractivity contribution in [1.29, 1.82) is 0 Å². The summed E-state index contributed by atoms with van der Waals surface area (Å²) in [7, 11) is 0. The fourth-order valence-electron chi connectivity index (χ4n) is 1.61. The lowest BCUT2D eigenvalue weighted by Crippen LogP contribution is -2.32. The lowest BCUT2D eigenvalue weighted by Gasteiger charge is -2.13. The summed E-state index contributed by atoms with van der Waals surface area (Å²) in [5, 5.41) is 35.4. The molecule has 124 valence electrons. The number of nitrogens with one attached hydrogen (secondary N) is 2. The normalized spacial score (nSPS) is 11.3. The molecule has 0 heterocycles. The van der Waals surface area contributed by atoms with Crippen LogP contribution in [-0.4, -0.2) is 39.4 Å². The lowest BCUT2D eigenvalue weighted by atomic mass is 10.2. The van der Waals surface area contributed by atoms with Gasteiger partial charge in [-0.25, -0.2) is 0 Å². The second-order valence-corrected chi connectivity index (χ2v) is 4.42. The van der Waals surface area contributed by atoms with Gasteiger partial charge in [0.2, 0.25) is 5.91 Å². The summed E-state index contributed by atoms with van der Waals surface area (Å²) in [6.45, 7) is 0.710. The van der Waals surface area contributed by atoms with E-state index in [-0.39, 0.29) is 11.4 Å². The molecule has 1 amide bonds. The van der Waals surface area contributed by atoms with Crippen molar-refractivity contribution in [1.82, 2.24) is 0 Å². The number of nitro benzene ring substituents is 2. The molecule has 1 unspecified atom stereocenters. The summed E-state index contributed by atoms with van der Waals surface area (Å²) in [6, 6.07) is 0.668. The minimum Gasteiger partial charge on any atom is -0.480 e. The van der Waals surface area contributed by atoms with Crippen molar-refractivity contribution in [2.24, 2.45) is 5.73 Å². The largest absolute Gasteiger partial charge is 0.480 e. The molecule has 0 aromatic heterocycles. The summed E-state index contributed by atoms with van der Waals surface area (Å²) in [5.41, 5.74) is 3.28. The second kappa shape index (κ2) is 7.02. The number of hydrogen-bond acceptors (Lipinski definition) is 8. The molecule has 1 aromatic carbocycles. The zero-order valence-electron chi connectivity index (χ0n) is 11.8. The molecule has 0 saturated heterocycles. The number of carbonyl (C=O) groups excluding carboxylic acids is 1. The first kappa shape index (κ1) is 17.6. The highest BCUT2D eigenvalue weighted by Gasteiger charge is 2.26. The van der Waals surface area contributed by atoms with Crippen molar-refractivity contribution >= 4 is 34.6 Å². The van der Waals surface area contributed by atoms with Crippen molar-refractivity contribution in [2.45, 2.75) is 13.0 Å². The molecule has 12 heteroatoms. The van der Waals surface area contributed by atoms with Crippen molar-refractivity contribution in [3.63, 3.8) is 0 Å². The van der Waals surface area contributed by atoms with Gasteiger partial charge in [0.05, 0.1) is 15.9 Å². The van der Waals surface area contributed by atoms with Gasteiger partial charge in [-0.1, -0.05) is 0 Å². The Hall–Kier alpha value is -3.44. The topological polar surface area (TPSA) is 191 Å². The Labute approximate surface area is 128 Å². The van der Waals surface area contributed by atoms with Gasteiger partial charge in [0.25, 0.3) is 11.4 Å². The second-order valence-electron chi connectivity index (χ2n) is 4.42. The van der Waals surface area contributed by atoms with Crippen molar-refractivity contribution in [3.05, 3.63) is 32.4 Å². The third-order valence-electron chi connectivity index (χ3n) is 2.74. The molecule has 23 heavy (non-hydrogen) atoms. The molecule has 1 atom stereocenters. The SMILES string of the molecule is CC(Nc1cc(NCC(=O)O)c([N+](=O)[O-])cc1[N+](=O)[O-])C(N)=O. The first-order valence-corrected chi connectivity index (χ1v) is 6.11. The Kier molecular flexibility index (Phi) is 5.37. The highest BCUT2D eigenvalue weighted by atomic mass is 16.6. The molecule has 12 nitrogen and oxygen atoms in total. The minimum absolute atomic E-state index is 0.209. The van der Waals surface area contributed by atoms with E-state index < -0.39 is 45.7 Å². The Morgan fingerprint density at radius 2 is 1.74 bits per heavy atom. The summed E-state index contributed by atoms with van der Waals surface area (Å²) in [5.74, 6) is -2.07. The first-order valence-electron chi connectivity index (χ1n) is 6.11. The Morgan fingerprint density at radius 3 is 2.17 bits per heavy atom. The number of hydrogen-bond donors (Lipinski definition) is 4. The van der Waals surface area contributed by atoms with Gasteiger partial charge in [0, 0.05) is 0 Å². The van der Waals surface area contributed by atoms with Crippen LogP contribution in [0.4, 0.5) is 22.7 Å². The number of nitro groups is 2. The van der Waals surface area contributed by atoms with E-state index in [1.807, 2.05) is 0 Å². The van der Waals surface area contributed by atoms with E-state index in [4.69, 9.17) is 10.8 Å². The van der Waals surface area contributed by atoms with E-state index in [1.54, 1.807) is 0 Å². The van der Waals surface area contributed by atoms with Crippen LogP contribution in [0.3, 0.4) is 0 Å². The van der Waals surface area contributed by atoms with Crippen molar-refractivity contribution < 1.29 is 24.5 Å². The average Bonchev–Trinajstić information content (AvgIpc) is 2.44. The van der Waals surface area contributed by atoms with E-state index in [1.165, 1.54) is 6.92 Å². The molecule has 0 spiro atoms. The molecule has 0 aliphatic rings.